The van der Waals surface area contributed by atoms with Crippen LogP contribution in [0.2, 0.25) is 0 Å². The number of piperidine rings is 1. The molecule has 0 aromatic heterocycles. The first kappa shape index (κ1) is 33.1. The lowest BCUT2D eigenvalue weighted by atomic mass is 9.64. The number of carbonyl (C=O) groups is 2. The Kier molecular flexibility index (Phi) is 12.6. The zero-order valence-corrected chi connectivity index (χ0v) is 26.1. The average Bonchev–Trinajstić information content (AvgIpc) is 2.95. The summed E-state index contributed by atoms with van der Waals surface area (Å²) in [6, 6.07) is 0. The lowest BCUT2D eigenvalue weighted by Crippen LogP contribution is -2.74. The summed E-state index contributed by atoms with van der Waals surface area (Å²) in [6.45, 7) is 14.9. The van der Waals surface area contributed by atoms with Crippen LogP contribution in [0.5, 0.6) is 0 Å². The second-order valence-corrected chi connectivity index (χ2v) is 13.9. The molecule has 1 spiro atoms. The highest BCUT2D eigenvalue weighted by Crippen LogP contribution is 2.50. The van der Waals surface area contributed by atoms with E-state index >= 15 is 0 Å². The van der Waals surface area contributed by atoms with Crippen LogP contribution < -0.4 is 11.1 Å². The SMILES string of the molecule is CCCCCCCCCCCCCCCCCCN1C(=O)C2(CC(C)(C)NC(C)(C)C2C(N)=O)OC1(C)C. The summed E-state index contributed by atoms with van der Waals surface area (Å²) in [7, 11) is 0. The van der Waals surface area contributed by atoms with E-state index in [2.05, 4.69) is 26.1 Å². The molecule has 0 saturated carbocycles. The highest BCUT2D eigenvalue weighted by atomic mass is 16.6. The first-order chi connectivity index (χ1) is 17.8. The maximum absolute atomic E-state index is 13.9. The lowest BCUT2D eigenvalue weighted by Gasteiger charge is -2.54. The molecule has 2 atom stereocenters. The normalized spacial score (nSPS) is 25.8. The van der Waals surface area contributed by atoms with Gasteiger partial charge in [-0.15, -0.1) is 0 Å². The van der Waals surface area contributed by atoms with Gasteiger partial charge >= 0.3 is 0 Å². The number of carbonyl (C=O) groups excluding carboxylic acids is 2. The molecular formula is C32H61N3O3. The topological polar surface area (TPSA) is 84.7 Å². The van der Waals surface area contributed by atoms with Crippen LogP contribution in [0.1, 0.15) is 158 Å². The van der Waals surface area contributed by atoms with Crippen LogP contribution in [0, 0.1) is 5.92 Å². The van der Waals surface area contributed by atoms with Gasteiger partial charge < -0.3 is 20.7 Å². The summed E-state index contributed by atoms with van der Waals surface area (Å²) >= 11 is 0. The summed E-state index contributed by atoms with van der Waals surface area (Å²) in [6.07, 6.45) is 21.6. The van der Waals surface area contributed by atoms with Crippen molar-refractivity contribution < 1.29 is 14.3 Å². The van der Waals surface area contributed by atoms with Crippen LogP contribution in [-0.4, -0.2) is 45.7 Å². The molecule has 6 heteroatoms. The van der Waals surface area contributed by atoms with Gasteiger partial charge in [0.25, 0.3) is 5.91 Å². The molecule has 0 aromatic rings. The van der Waals surface area contributed by atoms with Crippen molar-refractivity contribution in [2.75, 3.05) is 6.54 Å². The van der Waals surface area contributed by atoms with E-state index < -0.39 is 28.7 Å². The minimum atomic E-state index is -1.22. The average molecular weight is 536 g/mol. The number of ether oxygens (including phenoxy) is 1. The number of rotatable bonds is 18. The largest absolute Gasteiger partial charge is 0.369 e. The van der Waals surface area contributed by atoms with Crippen LogP contribution in [0.3, 0.4) is 0 Å². The second kappa shape index (κ2) is 14.5. The molecule has 38 heavy (non-hydrogen) atoms. The zero-order chi connectivity index (χ0) is 28.5. The molecule has 0 aromatic carbocycles. The Morgan fingerprint density at radius 2 is 1.24 bits per heavy atom. The molecule has 2 heterocycles. The molecule has 2 aliphatic heterocycles. The Bertz CT molecular complexity index is 748. The summed E-state index contributed by atoms with van der Waals surface area (Å²) < 4.78 is 6.56. The van der Waals surface area contributed by atoms with Crippen molar-refractivity contribution in [1.29, 1.82) is 0 Å². The highest BCUT2D eigenvalue weighted by molar-refractivity contribution is 5.95. The Morgan fingerprint density at radius 3 is 1.66 bits per heavy atom. The second-order valence-electron chi connectivity index (χ2n) is 13.9. The molecule has 2 fully saturated rings. The van der Waals surface area contributed by atoms with Crippen molar-refractivity contribution in [1.82, 2.24) is 10.2 Å². The molecule has 2 saturated heterocycles. The van der Waals surface area contributed by atoms with Crippen LogP contribution in [-0.2, 0) is 14.3 Å². The number of nitrogens with one attached hydrogen (secondary N) is 1. The fourth-order valence-electron chi connectivity index (χ4n) is 7.42. The van der Waals surface area contributed by atoms with Gasteiger partial charge in [-0.2, -0.15) is 0 Å². The number of hydrogen-bond acceptors (Lipinski definition) is 4. The van der Waals surface area contributed by atoms with Crippen LogP contribution in [0.25, 0.3) is 0 Å². The predicted octanol–water partition coefficient (Wildman–Crippen LogP) is 7.23. The van der Waals surface area contributed by atoms with E-state index in [0.717, 1.165) is 12.8 Å². The van der Waals surface area contributed by atoms with Gasteiger partial charge in [0.2, 0.25) is 5.91 Å². The van der Waals surface area contributed by atoms with E-state index in [1.807, 2.05) is 32.6 Å². The minimum Gasteiger partial charge on any atom is -0.369 e. The third-order valence-electron chi connectivity index (χ3n) is 8.76. The lowest BCUT2D eigenvalue weighted by molar-refractivity contribution is -0.185. The Morgan fingerprint density at radius 1 is 0.816 bits per heavy atom. The number of hydrogen-bond donors (Lipinski definition) is 2. The Balaban J connectivity index is 1.70. The minimum absolute atomic E-state index is 0.0742. The molecule has 6 nitrogen and oxygen atoms in total. The maximum Gasteiger partial charge on any atom is 0.258 e. The van der Waals surface area contributed by atoms with Gasteiger partial charge in [-0.25, -0.2) is 0 Å². The molecule has 3 N–H and O–H groups in total. The quantitative estimate of drug-likeness (QED) is 0.181. The van der Waals surface area contributed by atoms with E-state index in [9.17, 15) is 9.59 Å². The summed E-state index contributed by atoms with van der Waals surface area (Å²) in [4.78, 5) is 28.5. The van der Waals surface area contributed by atoms with Crippen LogP contribution in [0.15, 0.2) is 0 Å². The smallest absolute Gasteiger partial charge is 0.258 e. The van der Waals surface area contributed by atoms with Crippen molar-refractivity contribution >= 4 is 11.8 Å². The monoisotopic (exact) mass is 535 g/mol. The molecule has 222 valence electrons. The molecular weight excluding hydrogens is 474 g/mol. The van der Waals surface area contributed by atoms with Crippen molar-refractivity contribution in [3.63, 3.8) is 0 Å². The van der Waals surface area contributed by atoms with Gasteiger partial charge in [0.15, 0.2) is 5.60 Å². The summed E-state index contributed by atoms with van der Waals surface area (Å²) in [5.74, 6) is -1.29. The van der Waals surface area contributed by atoms with Gasteiger partial charge in [0, 0.05) is 24.0 Å². The number of nitrogens with two attached hydrogens (primary N) is 1. The maximum atomic E-state index is 13.9. The summed E-state index contributed by atoms with van der Waals surface area (Å²) in [5, 5.41) is 3.53. The Labute approximate surface area is 234 Å². The van der Waals surface area contributed by atoms with E-state index in [-0.39, 0.29) is 11.4 Å². The number of amides is 2. The standard InChI is InChI=1S/C32H61N3O3/c1-8-9-10-11-12-13-14-15-16-17-18-19-20-21-22-23-24-35-28(37)32(38-31(35,6)7)25-29(2,3)34-30(4,5)26(32)27(33)36/h26,34H,8-25H2,1-7H3,(H2,33,36). The number of primary amides is 1. The first-order valence-corrected chi connectivity index (χ1v) is 15.9. The zero-order valence-electron chi connectivity index (χ0n) is 26.1. The molecule has 2 amide bonds. The van der Waals surface area contributed by atoms with Crippen molar-refractivity contribution in [3.05, 3.63) is 0 Å². The Hall–Kier alpha value is -1.14. The molecule has 0 radical (unpaired) electrons. The van der Waals surface area contributed by atoms with Gasteiger partial charge in [0.1, 0.15) is 5.72 Å². The van der Waals surface area contributed by atoms with E-state index in [1.54, 1.807) is 0 Å². The number of nitrogens with zero attached hydrogens (tertiary/aromatic N) is 1. The van der Waals surface area contributed by atoms with Gasteiger partial charge in [-0.1, -0.05) is 103 Å². The third-order valence-corrected chi connectivity index (χ3v) is 8.76. The van der Waals surface area contributed by atoms with Crippen molar-refractivity contribution in [3.8, 4) is 0 Å². The molecule has 0 bridgehead atoms. The fraction of sp³-hybridized carbons (Fsp3) is 0.938. The third kappa shape index (κ3) is 8.94. The van der Waals surface area contributed by atoms with E-state index in [4.69, 9.17) is 10.5 Å². The van der Waals surface area contributed by atoms with Gasteiger partial charge in [-0.05, 0) is 48.0 Å². The van der Waals surface area contributed by atoms with Crippen molar-refractivity contribution in [2.24, 2.45) is 11.7 Å². The molecule has 2 unspecified atom stereocenters. The predicted molar refractivity (Wildman–Crippen MR) is 158 cm³/mol. The van der Waals surface area contributed by atoms with E-state index in [1.165, 1.54) is 89.9 Å². The highest BCUT2D eigenvalue weighted by Gasteiger charge is 2.68. The van der Waals surface area contributed by atoms with E-state index in [0.29, 0.717) is 13.0 Å². The number of unbranched alkanes of at least 4 members (excludes halogenated alkanes) is 15. The first-order valence-electron chi connectivity index (χ1n) is 15.9. The fourth-order valence-corrected chi connectivity index (χ4v) is 7.42. The van der Waals surface area contributed by atoms with Gasteiger partial charge in [-0.3, -0.25) is 9.59 Å². The van der Waals surface area contributed by atoms with Crippen LogP contribution in [0.4, 0.5) is 0 Å². The van der Waals surface area contributed by atoms with Gasteiger partial charge in [0.05, 0.1) is 5.92 Å². The summed E-state index contributed by atoms with van der Waals surface area (Å²) in [5.41, 5.74) is 2.91. The molecule has 2 aliphatic rings. The van der Waals surface area contributed by atoms with Crippen LogP contribution >= 0.6 is 0 Å². The molecule has 0 aliphatic carbocycles. The van der Waals surface area contributed by atoms with Crippen molar-refractivity contribution in [2.45, 2.75) is 180 Å². The molecule has 2 rings (SSSR count).